The quantitative estimate of drug-likeness (QED) is 0.750. The molecular formula is C21H27NO3. The number of carbonyl (C=O) groups is 1. The number of rotatable bonds is 8. The van der Waals surface area contributed by atoms with Gasteiger partial charge in [0.1, 0.15) is 6.61 Å². The molecule has 2 rings (SSSR count). The van der Waals surface area contributed by atoms with Crippen LogP contribution in [0.1, 0.15) is 30.5 Å². The number of benzene rings is 2. The number of aryl methyl sites for hydroxylation is 1. The highest BCUT2D eigenvalue weighted by Crippen LogP contribution is 2.31. The lowest BCUT2D eigenvalue weighted by atomic mass is 9.86. The Balaban J connectivity index is 2.26. The maximum atomic E-state index is 12.8. The predicted molar refractivity (Wildman–Crippen MR) is 99.4 cm³/mol. The van der Waals surface area contributed by atoms with E-state index >= 15 is 0 Å². The van der Waals surface area contributed by atoms with E-state index in [0.717, 1.165) is 18.7 Å². The first-order valence-electron chi connectivity index (χ1n) is 8.77. The van der Waals surface area contributed by atoms with Crippen LogP contribution in [0, 0.1) is 6.92 Å². The van der Waals surface area contributed by atoms with Gasteiger partial charge >= 0.3 is 5.97 Å². The minimum atomic E-state index is -1.81. The monoisotopic (exact) mass is 341 g/mol. The second-order valence-electron chi connectivity index (χ2n) is 6.11. The molecule has 4 nitrogen and oxygen atoms in total. The Morgan fingerprint density at radius 1 is 1.00 bits per heavy atom. The first-order valence-corrected chi connectivity index (χ1v) is 8.77. The van der Waals surface area contributed by atoms with Gasteiger partial charge in [-0.15, -0.1) is 0 Å². The van der Waals surface area contributed by atoms with Crippen molar-refractivity contribution in [1.29, 1.82) is 0 Å². The van der Waals surface area contributed by atoms with E-state index in [4.69, 9.17) is 4.74 Å². The molecule has 0 radical (unpaired) electrons. The highest BCUT2D eigenvalue weighted by Gasteiger charge is 2.41. The van der Waals surface area contributed by atoms with Crippen LogP contribution in [0.4, 0.5) is 0 Å². The number of ether oxygens (including phenoxy) is 1. The van der Waals surface area contributed by atoms with Crippen molar-refractivity contribution in [2.75, 3.05) is 26.2 Å². The fraction of sp³-hybridized carbons (Fsp3) is 0.381. The van der Waals surface area contributed by atoms with Crippen molar-refractivity contribution in [1.82, 2.24) is 4.90 Å². The summed E-state index contributed by atoms with van der Waals surface area (Å²) >= 11 is 0. The molecule has 0 heterocycles. The number of nitrogens with zero attached hydrogens (tertiary/aromatic N) is 1. The number of hydrogen-bond donors (Lipinski definition) is 1. The number of esters is 1. The summed E-state index contributed by atoms with van der Waals surface area (Å²) in [5, 5.41) is 11.3. The minimum Gasteiger partial charge on any atom is -0.462 e. The summed E-state index contributed by atoms with van der Waals surface area (Å²) in [5.74, 6) is -0.644. The fourth-order valence-electron chi connectivity index (χ4n) is 2.79. The van der Waals surface area contributed by atoms with Gasteiger partial charge in [0.05, 0.1) is 0 Å². The van der Waals surface area contributed by atoms with Crippen molar-refractivity contribution in [3.8, 4) is 0 Å². The molecule has 0 aliphatic heterocycles. The molecule has 0 bridgehead atoms. The fourth-order valence-corrected chi connectivity index (χ4v) is 2.79. The highest BCUT2D eigenvalue weighted by molar-refractivity contribution is 5.85. The Morgan fingerprint density at radius 3 is 2.12 bits per heavy atom. The zero-order valence-corrected chi connectivity index (χ0v) is 15.2. The van der Waals surface area contributed by atoms with Crippen molar-refractivity contribution in [3.05, 3.63) is 71.3 Å². The van der Waals surface area contributed by atoms with Gasteiger partial charge in [-0.2, -0.15) is 0 Å². The molecule has 0 aromatic heterocycles. The highest BCUT2D eigenvalue weighted by atomic mass is 16.5. The molecule has 2 aromatic carbocycles. The molecule has 0 saturated heterocycles. The molecule has 0 spiro atoms. The first kappa shape index (κ1) is 19.2. The molecule has 0 aliphatic rings. The Hall–Kier alpha value is -2.17. The van der Waals surface area contributed by atoms with E-state index in [1.165, 1.54) is 0 Å². The van der Waals surface area contributed by atoms with E-state index < -0.39 is 11.6 Å². The number of likely N-dealkylation sites (N-methyl/N-ethyl adjacent to an activating group) is 1. The standard InChI is InChI=1S/C21H27NO3/c1-4-22(5-2)15-16-25-20(23)21(24,18-9-7-6-8-10-18)19-13-11-17(3)12-14-19/h6-14,24H,4-5,15-16H2,1-3H3. The van der Waals surface area contributed by atoms with E-state index in [0.29, 0.717) is 17.7 Å². The zero-order valence-electron chi connectivity index (χ0n) is 15.2. The second kappa shape index (κ2) is 8.79. The van der Waals surface area contributed by atoms with Crippen LogP contribution in [0.3, 0.4) is 0 Å². The molecule has 2 aromatic rings. The summed E-state index contributed by atoms with van der Waals surface area (Å²) in [6, 6.07) is 16.2. The lowest BCUT2D eigenvalue weighted by Crippen LogP contribution is -2.40. The first-order chi connectivity index (χ1) is 12.0. The zero-order chi connectivity index (χ0) is 18.3. The third kappa shape index (κ3) is 4.47. The molecule has 0 fully saturated rings. The minimum absolute atomic E-state index is 0.252. The molecule has 0 aliphatic carbocycles. The van der Waals surface area contributed by atoms with Gasteiger partial charge < -0.3 is 14.7 Å². The third-order valence-electron chi connectivity index (χ3n) is 4.49. The van der Waals surface area contributed by atoms with Crippen LogP contribution in [0.15, 0.2) is 54.6 Å². The average Bonchev–Trinajstić information content (AvgIpc) is 2.65. The number of aliphatic hydroxyl groups is 1. The van der Waals surface area contributed by atoms with E-state index in [-0.39, 0.29) is 6.61 Å². The van der Waals surface area contributed by atoms with E-state index in [1.54, 1.807) is 36.4 Å². The molecule has 0 amide bonds. The number of carbonyl (C=O) groups excluding carboxylic acids is 1. The van der Waals surface area contributed by atoms with Crippen LogP contribution in [-0.4, -0.2) is 42.2 Å². The Morgan fingerprint density at radius 2 is 1.56 bits per heavy atom. The molecule has 134 valence electrons. The molecular weight excluding hydrogens is 314 g/mol. The van der Waals surface area contributed by atoms with Crippen LogP contribution in [0.2, 0.25) is 0 Å². The second-order valence-corrected chi connectivity index (χ2v) is 6.11. The normalized spacial score (nSPS) is 13.5. The van der Waals surface area contributed by atoms with Crippen LogP contribution in [0.5, 0.6) is 0 Å². The third-order valence-corrected chi connectivity index (χ3v) is 4.49. The average molecular weight is 341 g/mol. The summed E-state index contributed by atoms with van der Waals surface area (Å²) in [4.78, 5) is 15.0. The van der Waals surface area contributed by atoms with Crippen molar-refractivity contribution in [3.63, 3.8) is 0 Å². The van der Waals surface area contributed by atoms with Gasteiger partial charge in [-0.25, -0.2) is 4.79 Å². The predicted octanol–water partition coefficient (Wildman–Crippen LogP) is 3.12. The van der Waals surface area contributed by atoms with Gasteiger partial charge in [0.25, 0.3) is 0 Å². The van der Waals surface area contributed by atoms with Crippen LogP contribution < -0.4 is 0 Å². The van der Waals surface area contributed by atoms with Gasteiger partial charge in [-0.05, 0) is 31.1 Å². The summed E-state index contributed by atoms with van der Waals surface area (Å²) in [5.41, 5.74) is 0.274. The van der Waals surface area contributed by atoms with Gasteiger partial charge in [0.15, 0.2) is 0 Å². The van der Waals surface area contributed by atoms with Gasteiger partial charge in [0, 0.05) is 6.54 Å². The van der Waals surface area contributed by atoms with Crippen molar-refractivity contribution in [2.45, 2.75) is 26.4 Å². The van der Waals surface area contributed by atoms with Gasteiger partial charge in [-0.3, -0.25) is 0 Å². The van der Waals surface area contributed by atoms with Crippen LogP contribution in [0.25, 0.3) is 0 Å². The molecule has 1 unspecified atom stereocenters. The molecule has 0 saturated carbocycles. The maximum absolute atomic E-state index is 12.8. The van der Waals surface area contributed by atoms with E-state index in [9.17, 15) is 9.90 Å². The largest absolute Gasteiger partial charge is 0.462 e. The van der Waals surface area contributed by atoms with Crippen molar-refractivity contribution in [2.24, 2.45) is 0 Å². The summed E-state index contributed by atoms with van der Waals surface area (Å²) in [7, 11) is 0. The SMILES string of the molecule is CCN(CC)CCOC(=O)C(O)(c1ccccc1)c1ccc(C)cc1. The smallest absolute Gasteiger partial charge is 0.347 e. The number of hydrogen-bond acceptors (Lipinski definition) is 4. The van der Waals surface area contributed by atoms with Crippen LogP contribution >= 0.6 is 0 Å². The Labute approximate surface area is 150 Å². The molecule has 4 heteroatoms. The van der Waals surface area contributed by atoms with Crippen LogP contribution in [-0.2, 0) is 15.1 Å². The van der Waals surface area contributed by atoms with Crippen molar-refractivity contribution >= 4 is 5.97 Å². The Bertz CT molecular complexity index is 665. The Kier molecular flexibility index (Phi) is 6.73. The lowest BCUT2D eigenvalue weighted by Gasteiger charge is -2.28. The van der Waals surface area contributed by atoms with Gasteiger partial charge in [0.2, 0.25) is 5.60 Å². The molecule has 1 N–H and O–H groups in total. The molecule has 1 atom stereocenters. The summed E-state index contributed by atoms with van der Waals surface area (Å²) in [6.45, 7) is 8.80. The maximum Gasteiger partial charge on any atom is 0.347 e. The lowest BCUT2D eigenvalue weighted by molar-refractivity contribution is -0.162. The van der Waals surface area contributed by atoms with E-state index in [1.807, 2.05) is 25.1 Å². The topological polar surface area (TPSA) is 49.8 Å². The van der Waals surface area contributed by atoms with E-state index in [2.05, 4.69) is 18.7 Å². The molecule has 25 heavy (non-hydrogen) atoms. The summed E-state index contributed by atoms with van der Waals surface area (Å²) in [6.07, 6.45) is 0. The van der Waals surface area contributed by atoms with Crippen molar-refractivity contribution < 1.29 is 14.6 Å². The summed E-state index contributed by atoms with van der Waals surface area (Å²) < 4.78 is 5.45. The van der Waals surface area contributed by atoms with Gasteiger partial charge in [-0.1, -0.05) is 74.0 Å².